The lowest BCUT2D eigenvalue weighted by Crippen LogP contribution is -2.05. The third kappa shape index (κ3) is 2.99. The Morgan fingerprint density at radius 2 is 1.76 bits per heavy atom. The Hall–Kier alpha value is -2.11. The molecule has 0 atom stereocenters. The highest BCUT2D eigenvalue weighted by Gasteiger charge is 2.13. The van der Waals surface area contributed by atoms with E-state index in [4.69, 9.17) is 16.7 Å². The van der Waals surface area contributed by atoms with E-state index in [0.29, 0.717) is 15.6 Å². The van der Waals surface area contributed by atoms with Crippen molar-refractivity contribution in [2.45, 2.75) is 9.92 Å². The topological polar surface area (TPSA) is 63.1 Å². The fourth-order valence-electron chi connectivity index (χ4n) is 1.84. The third-order valence-corrected chi connectivity index (χ3v) is 4.05. The Balaban J connectivity index is 2.11. The summed E-state index contributed by atoms with van der Waals surface area (Å²) < 4.78 is 0. The van der Waals surface area contributed by atoms with Crippen LogP contribution in [0.1, 0.15) is 10.6 Å². The van der Waals surface area contributed by atoms with Crippen molar-refractivity contribution in [3.63, 3.8) is 0 Å². The number of carbonyl (C=O) groups is 1. The van der Waals surface area contributed by atoms with Crippen LogP contribution >= 0.6 is 23.4 Å². The lowest BCUT2D eigenvalue weighted by atomic mass is 10.2. The first-order valence-electron chi connectivity index (χ1n) is 6.07. The predicted octanol–water partition coefficient (Wildman–Crippen LogP) is 4.13. The standard InChI is InChI=1S/C15H9ClN2O2S/c16-9-5-7-10(8-6-9)21-14-11-3-1-2-4-12(11)17-13(18-14)15(19)20/h1-8H,(H,19,20). The number of benzene rings is 2. The minimum absolute atomic E-state index is 0.204. The van der Waals surface area contributed by atoms with E-state index < -0.39 is 5.97 Å². The molecule has 2 aromatic carbocycles. The van der Waals surface area contributed by atoms with Gasteiger partial charge in [0.1, 0.15) is 5.03 Å². The van der Waals surface area contributed by atoms with E-state index in [1.807, 2.05) is 30.3 Å². The molecule has 21 heavy (non-hydrogen) atoms. The third-order valence-electron chi connectivity index (χ3n) is 2.79. The van der Waals surface area contributed by atoms with E-state index in [1.54, 1.807) is 18.2 Å². The molecule has 0 aliphatic heterocycles. The zero-order valence-corrected chi connectivity index (χ0v) is 12.2. The SMILES string of the molecule is O=C(O)c1nc(Sc2ccc(Cl)cc2)c2ccccc2n1. The van der Waals surface area contributed by atoms with Crippen molar-refractivity contribution in [3.05, 3.63) is 59.4 Å². The van der Waals surface area contributed by atoms with E-state index >= 15 is 0 Å². The summed E-state index contributed by atoms with van der Waals surface area (Å²) in [4.78, 5) is 20.3. The van der Waals surface area contributed by atoms with Crippen molar-refractivity contribution in [2.24, 2.45) is 0 Å². The number of carboxylic acids is 1. The Morgan fingerprint density at radius 1 is 1.05 bits per heavy atom. The molecule has 0 saturated heterocycles. The molecule has 3 rings (SSSR count). The van der Waals surface area contributed by atoms with Gasteiger partial charge in [0.2, 0.25) is 5.82 Å². The van der Waals surface area contributed by atoms with Crippen molar-refractivity contribution in [1.29, 1.82) is 0 Å². The van der Waals surface area contributed by atoms with Crippen LogP contribution in [0.3, 0.4) is 0 Å². The summed E-state index contributed by atoms with van der Waals surface area (Å²) >= 11 is 7.25. The first-order chi connectivity index (χ1) is 10.1. The maximum Gasteiger partial charge on any atom is 0.373 e. The molecule has 0 saturated carbocycles. The molecule has 1 aromatic heterocycles. The molecule has 0 fully saturated rings. The zero-order valence-electron chi connectivity index (χ0n) is 10.7. The first-order valence-corrected chi connectivity index (χ1v) is 7.26. The van der Waals surface area contributed by atoms with Gasteiger partial charge in [-0.3, -0.25) is 0 Å². The predicted molar refractivity (Wildman–Crippen MR) is 82.1 cm³/mol. The quantitative estimate of drug-likeness (QED) is 0.736. The number of nitrogens with zero attached hydrogens (tertiary/aromatic N) is 2. The average Bonchev–Trinajstić information content (AvgIpc) is 2.49. The van der Waals surface area contributed by atoms with Crippen LogP contribution in [0, 0.1) is 0 Å². The molecule has 0 unspecified atom stereocenters. The van der Waals surface area contributed by atoms with Gasteiger partial charge >= 0.3 is 5.97 Å². The first kappa shape index (κ1) is 13.9. The molecule has 0 bridgehead atoms. The second kappa shape index (κ2) is 5.71. The minimum atomic E-state index is -1.14. The van der Waals surface area contributed by atoms with Crippen molar-refractivity contribution >= 4 is 40.2 Å². The number of para-hydroxylation sites is 1. The van der Waals surface area contributed by atoms with Crippen LogP contribution < -0.4 is 0 Å². The molecule has 1 N–H and O–H groups in total. The Kier molecular flexibility index (Phi) is 3.77. The lowest BCUT2D eigenvalue weighted by Gasteiger charge is -2.06. The lowest BCUT2D eigenvalue weighted by molar-refractivity contribution is 0.0683. The van der Waals surface area contributed by atoms with Crippen LogP contribution in [0.15, 0.2) is 58.5 Å². The van der Waals surface area contributed by atoms with Crippen LogP contribution in [0.4, 0.5) is 0 Å². The Bertz CT molecular complexity index is 822. The van der Waals surface area contributed by atoms with Gasteiger partial charge in [0.05, 0.1) is 5.52 Å². The molecular weight excluding hydrogens is 308 g/mol. The number of aromatic carboxylic acids is 1. The van der Waals surface area contributed by atoms with E-state index in [9.17, 15) is 4.79 Å². The average molecular weight is 317 g/mol. The van der Waals surface area contributed by atoms with E-state index in [1.165, 1.54) is 11.8 Å². The van der Waals surface area contributed by atoms with Crippen LogP contribution in [0.5, 0.6) is 0 Å². The number of halogens is 1. The number of rotatable bonds is 3. The second-order valence-corrected chi connectivity index (χ2v) is 5.73. The van der Waals surface area contributed by atoms with Crippen LogP contribution in [-0.2, 0) is 0 Å². The highest BCUT2D eigenvalue weighted by molar-refractivity contribution is 7.99. The van der Waals surface area contributed by atoms with Gasteiger partial charge in [-0.2, -0.15) is 0 Å². The van der Waals surface area contributed by atoms with Crippen molar-refractivity contribution in [1.82, 2.24) is 9.97 Å². The Labute approximate surface area is 129 Å². The maximum absolute atomic E-state index is 11.1. The van der Waals surface area contributed by atoms with Gasteiger partial charge in [0, 0.05) is 15.3 Å². The molecule has 0 radical (unpaired) electrons. The fraction of sp³-hybridized carbons (Fsp3) is 0. The van der Waals surface area contributed by atoms with Gasteiger partial charge in [-0.25, -0.2) is 14.8 Å². The Morgan fingerprint density at radius 3 is 2.48 bits per heavy atom. The summed E-state index contributed by atoms with van der Waals surface area (Å²) in [6.07, 6.45) is 0. The van der Waals surface area contributed by atoms with Gasteiger partial charge in [-0.15, -0.1) is 0 Å². The molecule has 6 heteroatoms. The summed E-state index contributed by atoms with van der Waals surface area (Å²) in [6.45, 7) is 0. The molecule has 0 aliphatic rings. The molecule has 1 heterocycles. The summed E-state index contributed by atoms with van der Waals surface area (Å²) in [5, 5.41) is 11.2. The van der Waals surface area contributed by atoms with Crippen LogP contribution in [0.25, 0.3) is 10.9 Å². The molecule has 0 spiro atoms. The van der Waals surface area contributed by atoms with Crippen molar-refractivity contribution in [2.75, 3.05) is 0 Å². The number of carboxylic acid groups (broad SMARTS) is 1. The number of fused-ring (bicyclic) bond motifs is 1. The number of aromatic nitrogens is 2. The van der Waals surface area contributed by atoms with Gasteiger partial charge < -0.3 is 5.11 Å². The highest BCUT2D eigenvalue weighted by Crippen LogP contribution is 2.32. The molecular formula is C15H9ClN2O2S. The summed E-state index contributed by atoms with van der Waals surface area (Å²) in [5.74, 6) is -1.34. The molecule has 104 valence electrons. The van der Waals surface area contributed by atoms with E-state index in [2.05, 4.69) is 9.97 Å². The molecule has 3 aromatic rings. The van der Waals surface area contributed by atoms with E-state index in [0.717, 1.165) is 10.3 Å². The van der Waals surface area contributed by atoms with Gasteiger partial charge in [-0.05, 0) is 30.3 Å². The number of hydrogen-bond donors (Lipinski definition) is 1. The molecule has 4 nitrogen and oxygen atoms in total. The monoisotopic (exact) mass is 316 g/mol. The largest absolute Gasteiger partial charge is 0.475 e. The summed E-state index contributed by atoms with van der Waals surface area (Å²) in [6, 6.07) is 14.6. The van der Waals surface area contributed by atoms with Crippen molar-refractivity contribution < 1.29 is 9.90 Å². The van der Waals surface area contributed by atoms with Crippen LogP contribution in [-0.4, -0.2) is 21.0 Å². The maximum atomic E-state index is 11.1. The molecule has 0 aliphatic carbocycles. The van der Waals surface area contributed by atoms with Gasteiger partial charge in [0.15, 0.2) is 0 Å². The minimum Gasteiger partial charge on any atom is -0.475 e. The summed E-state index contributed by atoms with van der Waals surface area (Å²) in [7, 11) is 0. The summed E-state index contributed by atoms with van der Waals surface area (Å²) in [5.41, 5.74) is 0.612. The smallest absolute Gasteiger partial charge is 0.373 e. The highest BCUT2D eigenvalue weighted by atomic mass is 35.5. The fourth-order valence-corrected chi connectivity index (χ4v) is 2.87. The zero-order chi connectivity index (χ0) is 14.8. The van der Waals surface area contributed by atoms with Crippen LogP contribution in [0.2, 0.25) is 5.02 Å². The van der Waals surface area contributed by atoms with Crippen molar-refractivity contribution in [3.8, 4) is 0 Å². The van der Waals surface area contributed by atoms with E-state index in [-0.39, 0.29) is 5.82 Å². The second-order valence-electron chi connectivity index (χ2n) is 4.23. The molecule has 0 amide bonds. The number of hydrogen-bond acceptors (Lipinski definition) is 4. The van der Waals surface area contributed by atoms with Gasteiger partial charge in [0.25, 0.3) is 0 Å². The van der Waals surface area contributed by atoms with Gasteiger partial charge in [-0.1, -0.05) is 41.6 Å². The normalized spacial score (nSPS) is 10.7.